The highest BCUT2D eigenvalue weighted by Crippen LogP contribution is 2.16. The highest BCUT2D eigenvalue weighted by atomic mass is 35.5. The molecule has 0 aromatic rings. The molecule has 1 amide bonds. The van der Waals surface area contributed by atoms with Crippen molar-refractivity contribution >= 4 is 27.5 Å². The summed E-state index contributed by atoms with van der Waals surface area (Å²) in [6.07, 6.45) is 0.675. The van der Waals surface area contributed by atoms with Gasteiger partial charge in [0.2, 0.25) is 15.9 Å². The van der Waals surface area contributed by atoms with Crippen LogP contribution < -0.4 is 5.32 Å². The lowest BCUT2D eigenvalue weighted by Gasteiger charge is -2.18. The zero-order valence-electron chi connectivity index (χ0n) is 10.1. The van der Waals surface area contributed by atoms with Crippen molar-refractivity contribution in [1.29, 1.82) is 0 Å². The Morgan fingerprint density at radius 1 is 1.59 bits per heavy atom. The van der Waals surface area contributed by atoms with Crippen LogP contribution in [0.5, 0.6) is 0 Å². The van der Waals surface area contributed by atoms with Crippen molar-refractivity contribution in [3.05, 3.63) is 0 Å². The van der Waals surface area contributed by atoms with Crippen LogP contribution in [0.1, 0.15) is 20.3 Å². The lowest BCUT2D eigenvalue weighted by molar-refractivity contribution is -0.119. The molecule has 1 rings (SSSR count). The number of carbonyl (C=O) groups is 1. The highest BCUT2D eigenvalue weighted by Gasteiger charge is 2.32. The van der Waals surface area contributed by atoms with Gasteiger partial charge in [-0.1, -0.05) is 6.92 Å². The maximum absolute atomic E-state index is 12.0. The first-order valence-electron chi connectivity index (χ1n) is 5.66. The molecule has 1 fully saturated rings. The molecular weight excluding hydrogens is 264 g/mol. The van der Waals surface area contributed by atoms with Crippen LogP contribution in [-0.4, -0.2) is 49.4 Å². The van der Waals surface area contributed by atoms with Crippen LogP contribution in [0.2, 0.25) is 0 Å². The minimum absolute atomic E-state index is 0.0542. The molecular formula is C10H19ClN2O3S. The molecule has 100 valence electrons. The Balaban J connectivity index is 2.55. The summed E-state index contributed by atoms with van der Waals surface area (Å²) >= 11 is 5.62. The predicted molar refractivity (Wildman–Crippen MR) is 67.5 cm³/mol. The second-order valence-electron chi connectivity index (χ2n) is 4.58. The molecule has 17 heavy (non-hydrogen) atoms. The van der Waals surface area contributed by atoms with Crippen LogP contribution >= 0.6 is 11.6 Å². The standard InChI is InChI=1S/C10H19ClN2O3S/c1-8(5-11)7-17(15,16)13-4-3-10(6-13)12-9(2)14/h8,10H,3-7H2,1-2H3,(H,12,14). The fourth-order valence-electron chi connectivity index (χ4n) is 1.90. The summed E-state index contributed by atoms with van der Waals surface area (Å²) in [6, 6.07) is -0.0615. The Bertz CT molecular complexity index is 372. The Kier molecular flexibility index (Phi) is 5.22. The second-order valence-corrected chi connectivity index (χ2v) is 6.90. The lowest BCUT2D eigenvalue weighted by atomic mass is 10.3. The van der Waals surface area contributed by atoms with Crippen LogP contribution in [0.25, 0.3) is 0 Å². The van der Waals surface area contributed by atoms with Crippen molar-refractivity contribution in [1.82, 2.24) is 9.62 Å². The van der Waals surface area contributed by atoms with Crippen LogP contribution in [0, 0.1) is 5.92 Å². The molecule has 7 heteroatoms. The summed E-state index contributed by atoms with van der Waals surface area (Å²) in [5.74, 6) is 0.232. The SMILES string of the molecule is CC(=O)NC1CCN(S(=O)(=O)CC(C)CCl)C1. The zero-order chi connectivity index (χ0) is 13.1. The molecule has 0 aromatic heterocycles. The molecule has 1 saturated heterocycles. The maximum atomic E-state index is 12.0. The van der Waals surface area contributed by atoms with Crippen molar-refractivity contribution < 1.29 is 13.2 Å². The van der Waals surface area contributed by atoms with E-state index in [2.05, 4.69) is 5.32 Å². The molecule has 0 radical (unpaired) electrons. The van der Waals surface area contributed by atoms with Gasteiger partial charge in [-0.05, 0) is 12.3 Å². The topological polar surface area (TPSA) is 66.5 Å². The van der Waals surface area contributed by atoms with Crippen molar-refractivity contribution in [3.63, 3.8) is 0 Å². The molecule has 0 aliphatic carbocycles. The first kappa shape index (κ1) is 14.7. The monoisotopic (exact) mass is 282 g/mol. The first-order valence-corrected chi connectivity index (χ1v) is 7.80. The van der Waals surface area contributed by atoms with Gasteiger partial charge in [-0.15, -0.1) is 11.6 Å². The summed E-state index contributed by atoms with van der Waals surface area (Å²) in [5.41, 5.74) is 0. The maximum Gasteiger partial charge on any atom is 0.217 e. The Labute approximate surface area is 108 Å². The number of hydrogen-bond acceptors (Lipinski definition) is 3. The van der Waals surface area contributed by atoms with E-state index in [0.717, 1.165) is 0 Å². The predicted octanol–water partition coefficient (Wildman–Crippen LogP) is 0.402. The van der Waals surface area contributed by atoms with E-state index >= 15 is 0 Å². The van der Waals surface area contributed by atoms with E-state index in [9.17, 15) is 13.2 Å². The number of alkyl halides is 1. The fraction of sp³-hybridized carbons (Fsp3) is 0.900. The van der Waals surface area contributed by atoms with Crippen molar-refractivity contribution in [2.75, 3.05) is 24.7 Å². The van der Waals surface area contributed by atoms with Gasteiger partial charge in [-0.25, -0.2) is 8.42 Å². The average molecular weight is 283 g/mol. The van der Waals surface area contributed by atoms with E-state index in [1.54, 1.807) is 0 Å². The molecule has 0 saturated carbocycles. The van der Waals surface area contributed by atoms with Gasteiger partial charge < -0.3 is 5.32 Å². The molecule has 0 spiro atoms. The molecule has 1 aliphatic rings. The first-order chi connectivity index (χ1) is 7.85. The van der Waals surface area contributed by atoms with Gasteiger partial charge in [0.1, 0.15) is 0 Å². The number of sulfonamides is 1. The Hall–Kier alpha value is -0.330. The highest BCUT2D eigenvalue weighted by molar-refractivity contribution is 7.89. The summed E-state index contributed by atoms with van der Waals surface area (Å²) < 4.78 is 25.4. The van der Waals surface area contributed by atoms with E-state index in [0.29, 0.717) is 25.4 Å². The summed E-state index contributed by atoms with van der Waals surface area (Å²) in [5, 5.41) is 2.74. The molecule has 0 bridgehead atoms. The molecule has 0 aromatic carbocycles. The van der Waals surface area contributed by atoms with E-state index in [1.807, 2.05) is 6.92 Å². The zero-order valence-corrected chi connectivity index (χ0v) is 11.7. The third kappa shape index (κ3) is 4.44. The van der Waals surface area contributed by atoms with Gasteiger partial charge in [0.25, 0.3) is 0 Å². The molecule has 5 nitrogen and oxygen atoms in total. The number of halogens is 1. The Morgan fingerprint density at radius 2 is 2.24 bits per heavy atom. The van der Waals surface area contributed by atoms with E-state index in [1.165, 1.54) is 11.2 Å². The minimum atomic E-state index is -3.24. The van der Waals surface area contributed by atoms with Crippen LogP contribution in [0.3, 0.4) is 0 Å². The third-order valence-corrected chi connectivity index (χ3v) is 5.35. The van der Waals surface area contributed by atoms with Crippen LogP contribution in [-0.2, 0) is 14.8 Å². The van der Waals surface area contributed by atoms with Gasteiger partial charge in [0.05, 0.1) is 5.75 Å². The number of rotatable bonds is 5. The summed E-state index contributed by atoms with van der Waals surface area (Å²) in [4.78, 5) is 10.9. The van der Waals surface area contributed by atoms with E-state index < -0.39 is 10.0 Å². The van der Waals surface area contributed by atoms with Crippen molar-refractivity contribution in [2.24, 2.45) is 5.92 Å². The number of nitrogens with one attached hydrogen (secondary N) is 1. The largest absolute Gasteiger partial charge is 0.352 e. The van der Waals surface area contributed by atoms with Gasteiger partial charge >= 0.3 is 0 Å². The van der Waals surface area contributed by atoms with Crippen molar-refractivity contribution in [2.45, 2.75) is 26.3 Å². The molecule has 1 N–H and O–H groups in total. The molecule has 1 aliphatic heterocycles. The van der Waals surface area contributed by atoms with Gasteiger partial charge in [0, 0.05) is 31.9 Å². The van der Waals surface area contributed by atoms with Crippen LogP contribution in [0.15, 0.2) is 0 Å². The molecule has 1 heterocycles. The fourth-order valence-corrected chi connectivity index (χ4v) is 3.97. The smallest absolute Gasteiger partial charge is 0.217 e. The number of carbonyl (C=O) groups excluding carboxylic acids is 1. The number of amides is 1. The van der Waals surface area contributed by atoms with Crippen LogP contribution in [0.4, 0.5) is 0 Å². The van der Waals surface area contributed by atoms with Gasteiger partial charge in [0.15, 0.2) is 0 Å². The Morgan fingerprint density at radius 3 is 2.76 bits per heavy atom. The van der Waals surface area contributed by atoms with E-state index in [4.69, 9.17) is 11.6 Å². The lowest BCUT2D eigenvalue weighted by Crippen LogP contribution is -2.38. The quantitative estimate of drug-likeness (QED) is 0.743. The van der Waals surface area contributed by atoms with E-state index in [-0.39, 0.29) is 23.6 Å². The van der Waals surface area contributed by atoms with Gasteiger partial charge in [-0.3, -0.25) is 4.79 Å². The minimum Gasteiger partial charge on any atom is -0.352 e. The third-order valence-electron chi connectivity index (χ3n) is 2.71. The number of hydrogen-bond donors (Lipinski definition) is 1. The van der Waals surface area contributed by atoms with Gasteiger partial charge in [-0.2, -0.15) is 4.31 Å². The number of nitrogens with zero attached hydrogens (tertiary/aromatic N) is 1. The average Bonchev–Trinajstić information content (AvgIpc) is 2.65. The molecule has 2 unspecified atom stereocenters. The summed E-state index contributed by atoms with van der Waals surface area (Å²) in [7, 11) is -3.24. The normalized spacial score (nSPS) is 23.6. The van der Waals surface area contributed by atoms with Crippen molar-refractivity contribution in [3.8, 4) is 0 Å². The second kappa shape index (κ2) is 6.02. The summed E-state index contributed by atoms with van der Waals surface area (Å²) in [6.45, 7) is 4.10. The molecule has 2 atom stereocenters.